The molecule has 0 amide bonds. The summed E-state index contributed by atoms with van der Waals surface area (Å²) in [7, 11) is 0. The van der Waals surface area contributed by atoms with Gasteiger partial charge < -0.3 is 9.40 Å². The summed E-state index contributed by atoms with van der Waals surface area (Å²) in [4.78, 5) is 9.18. The molecule has 0 saturated heterocycles. The van der Waals surface area contributed by atoms with E-state index in [9.17, 15) is 0 Å². The third kappa shape index (κ3) is 8.24. The Morgan fingerprint density at radius 1 is 0.661 bits per heavy atom. The zero-order valence-corrected chi connectivity index (χ0v) is 35.8. The van der Waals surface area contributed by atoms with Crippen molar-refractivity contribution in [3.8, 4) is 55.9 Å². The molecule has 0 spiro atoms. The molecule has 0 bridgehead atoms. The second-order valence-corrected chi connectivity index (χ2v) is 25.0. The maximum absolute atomic E-state index is 8.32. The first-order valence-corrected chi connectivity index (χ1v) is 25.4. The van der Waals surface area contributed by atoms with Crippen LogP contribution in [-0.4, -0.2) is 23.2 Å². The number of benzene rings is 6. The van der Waals surface area contributed by atoms with Gasteiger partial charge in [0.05, 0.1) is 12.4 Å². The van der Waals surface area contributed by atoms with Gasteiger partial charge in [0, 0.05) is 31.7 Å². The molecule has 0 atom stereocenters. The molecule has 3 aromatic heterocycles. The Labute approximate surface area is 357 Å². The number of nitrogens with zero attached hydrogens (tertiary/aromatic N) is 2. The predicted molar refractivity (Wildman–Crippen MR) is 233 cm³/mol. The van der Waals surface area contributed by atoms with E-state index in [-0.39, 0.29) is 49.8 Å². The Balaban J connectivity index is 0.000000197. The molecule has 0 N–H and O–H groups in total. The summed E-state index contributed by atoms with van der Waals surface area (Å²) < 4.78 is 71.9. The number of fused-ring (bicyclic) bond motifs is 3. The first kappa shape index (κ1) is 29.8. The molecule has 277 valence electrons. The van der Waals surface area contributed by atoms with Crippen molar-refractivity contribution in [2.45, 2.75) is 31.0 Å². The van der Waals surface area contributed by atoms with Crippen LogP contribution in [0.15, 0.2) is 168 Å². The van der Waals surface area contributed by atoms with Gasteiger partial charge in [-0.15, -0.1) is 18.2 Å². The SMILES string of the molecule is [2H]C([2H])([2H])c1c[c-]c(-c2cc(C)[c]([Ge]([CH3])([CH3])[CH3])cn2)cc1-c1ccccc1.[2H]c1c([2H])c([2H])c(-c2ccnc(-c3[c-]ccc4c3oc3cc(-c5ccccc5)ccc34)c2)c([2H])c1[2H].[Ir]. The quantitative estimate of drug-likeness (QED) is 0.123. The first-order chi connectivity index (χ1) is 30.0. The molecular formula is C51H42GeIrN2O-2. The molecule has 3 nitrogen and oxygen atoms in total. The smallest absolute Gasteiger partial charge is 0.121 e. The molecule has 9 aromatic rings. The molecule has 0 aliphatic heterocycles. The molecule has 1 radical (unpaired) electrons. The number of rotatable bonds is 6. The van der Waals surface area contributed by atoms with Crippen LogP contribution in [0.5, 0.6) is 0 Å². The first-order valence-electron chi connectivity index (χ1n) is 22.1. The molecule has 9 rings (SSSR count). The summed E-state index contributed by atoms with van der Waals surface area (Å²) >= 11 is -1.96. The van der Waals surface area contributed by atoms with E-state index in [0.29, 0.717) is 33.5 Å². The van der Waals surface area contributed by atoms with Crippen LogP contribution in [0.3, 0.4) is 0 Å². The third-order valence-corrected chi connectivity index (χ3v) is 14.1. The van der Waals surface area contributed by atoms with Gasteiger partial charge in [-0.25, -0.2) is 0 Å². The molecule has 0 unspecified atom stereocenters. The van der Waals surface area contributed by atoms with Crippen LogP contribution >= 0.6 is 0 Å². The van der Waals surface area contributed by atoms with Gasteiger partial charge in [0.25, 0.3) is 0 Å². The van der Waals surface area contributed by atoms with Gasteiger partial charge in [-0.05, 0) is 40.1 Å². The second kappa shape index (κ2) is 16.8. The van der Waals surface area contributed by atoms with Gasteiger partial charge in [0.2, 0.25) is 0 Å². The Bertz CT molecular complexity index is 3140. The van der Waals surface area contributed by atoms with E-state index in [4.69, 9.17) is 15.4 Å². The number of aromatic nitrogens is 2. The van der Waals surface area contributed by atoms with Crippen LogP contribution in [0.4, 0.5) is 0 Å². The molecule has 5 heteroatoms. The number of aryl methyl sites for hydroxylation is 2. The fraction of sp³-hybridized carbons (Fsp3) is 0.0980. The van der Waals surface area contributed by atoms with Gasteiger partial charge >= 0.3 is 152 Å². The van der Waals surface area contributed by atoms with Crippen molar-refractivity contribution in [2.24, 2.45) is 0 Å². The summed E-state index contributed by atoms with van der Waals surface area (Å²) in [5.74, 6) is 7.07. The minimum Gasteiger partial charge on any atom is -0.501 e. The van der Waals surface area contributed by atoms with E-state index < -0.39 is 26.2 Å². The van der Waals surface area contributed by atoms with E-state index in [1.54, 1.807) is 24.4 Å². The standard InChI is InChI=1S/C29H18NO.C22H24GeN.Ir/c1-3-8-20(9-4-1)22-14-15-24-25-12-7-13-26(29(25)31-28(24)19-22)27-18-23(16-17-30-27)21-10-5-2-6-11-21;1-16-11-12-19(14-20(16)18-9-7-6-8-10-18)22-13-17(2)21(15-24-22)23(3,4)5;/h1-12,14-19H;6-11,13-15H,1-5H3;/q2*-1;/i2D,5D,6D,10D,11D;1D3;. The van der Waals surface area contributed by atoms with Crippen LogP contribution in [0.1, 0.15) is 22.1 Å². The third-order valence-electron chi connectivity index (χ3n) is 9.58. The van der Waals surface area contributed by atoms with E-state index in [2.05, 4.69) is 70.6 Å². The van der Waals surface area contributed by atoms with E-state index in [1.165, 1.54) is 9.96 Å². The number of hydrogen-bond acceptors (Lipinski definition) is 3. The van der Waals surface area contributed by atoms with Gasteiger partial charge in [-0.1, -0.05) is 89.7 Å². The normalized spacial score (nSPS) is 13.4. The summed E-state index contributed by atoms with van der Waals surface area (Å²) in [5.41, 5.74) is 10.1. The average molecular weight is 972 g/mol. The summed E-state index contributed by atoms with van der Waals surface area (Å²) in [6.07, 6.45) is 3.56. The fourth-order valence-corrected chi connectivity index (χ4v) is 10.4. The topological polar surface area (TPSA) is 38.9 Å². The van der Waals surface area contributed by atoms with E-state index >= 15 is 0 Å². The zero-order valence-electron chi connectivity index (χ0n) is 39.3. The van der Waals surface area contributed by atoms with Crippen molar-refractivity contribution in [1.29, 1.82) is 0 Å². The molecule has 0 fully saturated rings. The predicted octanol–water partition coefficient (Wildman–Crippen LogP) is 13.2. The Kier molecular flexibility index (Phi) is 8.94. The molecule has 3 heterocycles. The van der Waals surface area contributed by atoms with Crippen molar-refractivity contribution in [3.63, 3.8) is 0 Å². The minimum atomic E-state index is -2.19. The van der Waals surface area contributed by atoms with Crippen molar-refractivity contribution in [3.05, 3.63) is 187 Å². The molecule has 56 heavy (non-hydrogen) atoms. The van der Waals surface area contributed by atoms with Gasteiger partial charge in [0.15, 0.2) is 0 Å². The molecule has 6 aromatic carbocycles. The zero-order chi connectivity index (χ0) is 44.8. The fourth-order valence-electron chi connectivity index (χ4n) is 6.84. The van der Waals surface area contributed by atoms with Gasteiger partial charge in [0.1, 0.15) is 5.58 Å². The largest absolute Gasteiger partial charge is 0.501 e. The number of pyridine rings is 2. The Hall–Kier alpha value is -5.39. The van der Waals surface area contributed by atoms with Crippen LogP contribution in [0.2, 0.25) is 17.3 Å². The van der Waals surface area contributed by atoms with Crippen LogP contribution in [0.25, 0.3) is 77.8 Å². The Morgan fingerprint density at radius 3 is 2.11 bits per heavy atom. The van der Waals surface area contributed by atoms with Crippen molar-refractivity contribution in [1.82, 2.24) is 9.97 Å². The van der Waals surface area contributed by atoms with Crippen molar-refractivity contribution >= 4 is 39.6 Å². The van der Waals surface area contributed by atoms with E-state index in [0.717, 1.165) is 44.3 Å². The molecule has 0 aliphatic rings. The second-order valence-electron chi connectivity index (χ2n) is 14.4. The monoisotopic (exact) mass is 973 g/mol. The maximum Gasteiger partial charge on any atom is 0.121 e. The number of furan rings is 1. The van der Waals surface area contributed by atoms with Gasteiger partial charge in [-0.3, -0.25) is 0 Å². The van der Waals surface area contributed by atoms with Crippen LogP contribution in [0, 0.1) is 25.9 Å². The van der Waals surface area contributed by atoms with E-state index in [1.807, 2.05) is 85.1 Å². The molecule has 0 saturated carbocycles. The summed E-state index contributed by atoms with van der Waals surface area (Å²) in [5, 5.41) is 1.90. The average Bonchev–Trinajstić information content (AvgIpc) is 3.66. The summed E-state index contributed by atoms with van der Waals surface area (Å²) in [6, 6.07) is 43.3. The van der Waals surface area contributed by atoms with Crippen LogP contribution < -0.4 is 4.40 Å². The molecule has 0 aliphatic carbocycles. The van der Waals surface area contributed by atoms with Gasteiger partial charge in [-0.2, -0.15) is 0 Å². The minimum absolute atomic E-state index is 0. The molecular weight excluding hydrogens is 921 g/mol. The van der Waals surface area contributed by atoms with Crippen molar-refractivity contribution in [2.75, 3.05) is 0 Å². The van der Waals surface area contributed by atoms with Crippen LogP contribution in [-0.2, 0) is 20.1 Å². The maximum atomic E-state index is 8.32. The Morgan fingerprint density at radius 2 is 1.39 bits per heavy atom. The van der Waals surface area contributed by atoms with Crippen molar-refractivity contribution < 1.29 is 35.5 Å². The summed E-state index contributed by atoms with van der Waals surface area (Å²) in [6.45, 7) is -0.0564. The number of hydrogen-bond donors (Lipinski definition) is 0.